The summed E-state index contributed by atoms with van der Waals surface area (Å²) in [5, 5.41) is 0. The summed E-state index contributed by atoms with van der Waals surface area (Å²) in [7, 11) is 4.17. The van der Waals surface area contributed by atoms with E-state index in [1.807, 2.05) is 30.3 Å². The molecule has 5 heteroatoms. The molecule has 0 radical (unpaired) electrons. The number of benzene rings is 1. The fraction of sp³-hybridized carbons (Fsp3) is 0.231. The van der Waals surface area contributed by atoms with Crippen molar-refractivity contribution in [2.45, 2.75) is 0 Å². The normalized spacial score (nSPS) is 10.7. The highest BCUT2D eigenvalue weighted by atomic mass is 16.5. The second-order valence-electron chi connectivity index (χ2n) is 3.44. The number of hydrogen-bond acceptors (Lipinski definition) is 5. The van der Waals surface area contributed by atoms with E-state index in [0.29, 0.717) is 0 Å². The molecule has 0 aliphatic carbocycles. The molecule has 18 heavy (non-hydrogen) atoms. The molecule has 0 spiro atoms. The standard InChI is InChI=1S/C13H15NO4/c1-14(10-7-5-4-6-8-10)11(13(16)18-3)9-12(15)17-2/h4-9H,1-3H3/b11-9-. The van der Waals surface area contributed by atoms with Crippen molar-refractivity contribution in [3.05, 3.63) is 42.1 Å². The van der Waals surface area contributed by atoms with Gasteiger partial charge in [-0.25, -0.2) is 9.59 Å². The fourth-order valence-corrected chi connectivity index (χ4v) is 1.36. The smallest absolute Gasteiger partial charge is 0.354 e. The number of carbonyl (C=O) groups excluding carboxylic acids is 2. The third kappa shape index (κ3) is 3.35. The Morgan fingerprint density at radius 3 is 2.22 bits per heavy atom. The van der Waals surface area contributed by atoms with Crippen LogP contribution >= 0.6 is 0 Å². The first kappa shape index (κ1) is 13.8. The van der Waals surface area contributed by atoms with Crippen LogP contribution in [0.2, 0.25) is 0 Å². The molecule has 1 aromatic carbocycles. The number of ether oxygens (including phenoxy) is 2. The van der Waals surface area contributed by atoms with Gasteiger partial charge in [0.2, 0.25) is 0 Å². The summed E-state index contributed by atoms with van der Waals surface area (Å²) in [6.07, 6.45) is 1.10. The molecule has 0 heterocycles. The predicted molar refractivity (Wildman–Crippen MR) is 67.0 cm³/mol. The minimum absolute atomic E-state index is 0.107. The van der Waals surface area contributed by atoms with Gasteiger partial charge in [0, 0.05) is 12.7 Å². The maximum absolute atomic E-state index is 11.6. The SMILES string of the molecule is COC(=O)/C=C(/C(=O)OC)N(C)c1ccccc1. The minimum atomic E-state index is -0.613. The van der Waals surface area contributed by atoms with Crippen LogP contribution < -0.4 is 4.90 Å². The van der Waals surface area contributed by atoms with Gasteiger partial charge in [-0.05, 0) is 12.1 Å². The van der Waals surface area contributed by atoms with E-state index in [1.54, 1.807) is 11.9 Å². The van der Waals surface area contributed by atoms with Crippen LogP contribution in [0.25, 0.3) is 0 Å². The maximum atomic E-state index is 11.6. The number of esters is 2. The van der Waals surface area contributed by atoms with Gasteiger partial charge in [-0.15, -0.1) is 0 Å². The van der Waals surface area contributed by atoms with Crippen molar-refractivity contribution >= 4 is 17.6 Å². The summed E-state index contributed by atoms with van der Waals surface area (Å²) in [4.78, 5) is 24.4. The van der Waals surface area contributed by atoms with Gasteiger partial charge >= 0.3 is 11.9 Å². The van der Waals surface area contributed by atoms with E-state index in [4.69, 9.17) is 0 Å². The van der Waals surface area contributed by atoms with Crippen molar-refractivity contribution in [1.82, 2.24) is 0 Å². The Bertz CT molecular complexity index is 453. The van der Waals surface area contributed by atoms with E-state index in [1.165, 1.54) is 14.2 Å². The molecule has 0 bridgehead atoms. The Morgan fingerprint density at radius 1 is 1.11 bits per heavy atom. The highest BCUT2D eigenvalue weighted by Gasteiger charge is 2.18. The van der Waals surface area contributed by atoms with Crippen molar-refractivity contribution in [3.63, 3.8) is 0 Å². The molecule has 0 aliphatic rings. The van der Waals surface area contributed by atoms with Crippen LogP contribution in [0.5, 0.6) is 0 Å². The largest absolute Gasteiger partial charge is 0.466 e. The van der Waals surface area contributed by atoms with E-state index < -0.39 is 11.9 Å². The molecule has 1 aromatic rings. The molecule has 5 nitrogen and oxygen atoms in total. The summed E-state index contributed by atoms with van der Waals surface area (Å²) in [6, 6.07) is 9.15. The van der Waals surface area contributed by atoms with Crippen LogP contribution in [0.3, 0.4) is 0 Å². The van der Waals surface area contributed by atoms with E-state index in [-0.39, 0.29) is 5.70 Å². The number of carbonyl (C=O) groups is 2. The van der Waals surface area contributed by atoms with Gasteiger partial charge in [0.25, 0.3) is 0 Å². The third-order valence-corrected chi connectivity index (χ3v) is 2.36. The number of hydrogen-bond donors (Lipinski definition) is 0. The molecule has 0 saturated carbocycles. The quantitative estimate of drug-likeness (QED) is 0.595. The first-order valence-corrected chi connectivity index (χ1v) is 5.27. The van der Waals surface area contributed by atoms with Gasteiger partial charge in [0.05, 0.1) is 20.3 Å². The number of likely N-dealkylation sites (N-methyl/N-ethyl adjacent to an activating group) is 1. The van der Waals surface area contributed by atoms with Gasteiger partial charge < -0.3 is 14.4 Å². The summed E-state index contributed by atoms with van der Waals surface area (Å²) in [5.74, 6) is -1.22. The molecule has 0 aliphatic heterocycles. The molecular weight excluding hydrogens is 234 g/mol. The van der Waals surface area contributed by atoms with Crippen molar-refractivity contribution in [1.29, 1.82) is 0 Å². The Labute approximate surface area is 106 Å². The Kier molecular flexibility index (Phi) is 4.92. The number of methoxy groups -OCH3 is 2. The number of nitrogens with zero attached hydrogens (tertiary/aromatic N) is 1. The van der Waals surface area contributed by atoms with Gasteiger partial charge in [0.15, 0.2) is 0 Å². The molecule has 0 aromatic heterocycles. The zero-order chi connectivity index (χ0) is 13.5. The average molecular weight is 249 g/mol. The third-order valence-electron chi connectivity index (χ3n) is 2.36. The molecule has 0 atom stereocenters. The highest BCUT2D eigenvalue weighted by molar-refractivity contribution is 5.99. The zero-order valence-corrected chi connectivity index (χ0v) is 10.5. The molecule has 0 saturated heterocycles. The lowest BCUT2D eigenvalue weighted by atomic mass is 10.2. The molecular formula is C13H15NO4. The average Bonchev–Trinajstić information content (AvgIpc) is 2.43. The van der Waals surface area contributed by atoms with Crippen LogP contribution in [0, 0.1) is 0 Å². The molecule has 1 rings (SSSR count). The van der Waals surface area contributed by atoms with Gasteiger partial charge in [0.1, 0.15) is 5.70 Å². The Balaban J connectivity index is 3.08. The van der Waals surface area contributed by atoms with Crippen LogP contribution in [-0.4, -0.2) is 33.2 Å². The molecule has 0 N–H and O–H groups in total. The predicted octanol–water partition coefficient (Wildman–Crippen LogP) is 1.35. The summed E-state index contributed by atoms with van der Waals surface area (Å²) in [6.45, 7) is 0. The lowest BCUT2D eigenvalue weighted by Gasteiger charge is -2.20. The van der Waals surface area contributed by atoms with Gasteiger partial charge in [-0.3, -0.25) is 0 Å². The van der Waals surface area contributed by atoms with E-state index in [0.717, 1.165) is 11.8 Å². The fourth-order valence-electron chi connectivity index (χ4n) is 1.36. The zero-order valence-electron chi connectivity index (χ0n) is 10.5. The lowest BCUT2D eigenvalue weighted by Crippen LogP contribution is -2.25. The molecule has 96 valence electrons. The Morgan fingerprint density at radius 2 is 1.72 bits per heavy atom. The first-order chi connectivity index (χ1) is 8.60. The second-order valence-corrected chi connectivity index (χ2v) is 3.44. The Hall–Kier alpha value is -2.30. The monoisotopic (exact) mass is 249 g/mol. The second kappa shape index (κ2) is 6.44. The maximum Gasteiger partial charge on any atom is 0.354 e. The molecule has 0 unspecified atom stereocenters. The number of rotatable bonds is 4. The van der Waals surface area contributed by atoms with E-state index in [2.05, 4.69) is 9.47 Å². The summed E-state index contributed by atoms with van der Waals surface area (Å²) in [5.41, 5.74) is 0.869. The van der Waals surface area contributed by atoms with Gasteiger partial charge in [-0.1, -0.05) is 18.2 Å². The topological polar surface area (TPSA) is 55.8 Å². The lowest BCUT2D eigenvalue weighted by molar-refractivity contribution is -0.138. The van der Waals surface area contributed by atoms with Crippen LogP contribution in [0.15, 0.2) is 42.1 Å². The molecule has 0 amide bonds. The summed E-state index contributed by atoms with van der Waals surface area (Å²) < 4.78 is 9.16. The van der Waals surface area contributed by atoms with Crippen molar-refractivity contribution in [3.8, 4) is 0 Å². The van der Waals surface area contributed by atoms with Crippen LogP contribution in [0.1, 0.15) is 0 Å². The minimum Gasteiger partial charge on any atom is -0.466 e. The van der Waals surface area contributed by atoms with Crippen LogP contribution in [0.4, 0.5) is 5.69 Å². The van der Waals surface area contributed by atoms with Crippen LogP contribution in [-0.2, 0) is 19.1 Å². The first-order valence-electron chi connectivity index (χ1n) is 5.27. The van der Waals surface area contributed by atoms with Crippen molar-refractivity contribution in [2.75, 3.05) is 26.2 Å². The van der Waals surface area contributed by atoms with Gasteiger partial charge in [-0.2, -0.15) is 0 Å². The van der Waals surface area contributed by atoms with Crippen molar-refractivity contribution in [2.24, 2.45) is 0 Å². The number of para-hydroxylation sites is 1. The number of anilines is 1. The highest BCUT2D eigenvalue weighted by Crippen LogP contribution is 2.17. The van der Waals surface area contributed by atoms with E-state index in [9.17, 15) is 9.59 Å². The van der Waals surface area contributed by atoms with E-state index >= 15 is 0 Å². The van der Waals surface area contributed by atoms with Crippen molar-refractivity contribution < 1.29 is 19.1 Å². The molecule has 0 fully saturated rings. The summed E-state index contributed by atoms with van der Waals surface area (Å²) >= 11 is 0.